The molecular weight excluding hydrogens is 726 g/mol. The summed E-state index contributed by atoms with van der Waals surface area (Å²) in [6.45, 7) is 14.0. The van der Waals surface area contributed by atoms with Crippen molar-refractivity contribution >= 4 is 17.8 Å². The van der Waals surface area contributed by atoms with Gasteiger partial charge in [-0.15, -0.1) is 5.10 Å². The summed E-state index contributed by atoms with van der Waals surface area (Å²) >= 11 is 0. The van der Waals surface area contributed by atoms with Crippen LogP contribution in [0.15, 0.2) is 24.9 Å². The number of nitrogens with zero attached hydrogens (tertiary/aromatic N) is 6. The van der Waals surface area contributed by atoms with Crippen LogP contribution in [0, 0.1) is 17.8 Å². The van der Waals surface area contributed by atoms with E-state index in [1.54, 1.807) is 44.2 Å². The topological polar surface area (TPSA) is 213 Å². The maximum atomic E-state index is 14.3. The number of Topliss-reactive ketones (excluding diaryl/α,β-unsaturated/α-hetero) is 1. The number of cyclic esters (lactones) is 1. The van der Waals surface area contributed by atoms with Crippen LogP contribution in [0.3, 0.4) is 0 Å². The number of nitrogens with one attached hydrogen (secondary N) is 3. The number of hydrogen-bond acceptors (Lipinski definition) is 16. The summed E-state index contributed by atoms with van der Waals surface area (Å²) < 4.78 is 32.9. The van der Waals surface area contributed by atoms with E-state index in [-0.39, 0.29) is 24.1 Å². The Morgan fingerprint density at radius 2 is 1.84 bits per heavy atom. The van der Waals surface area contributed by atoms with Gasteiger partial charge in [0, 0.05) is 38.2 Å². The molecule has 3 aliphatic rings. The van der Waals surface area contributed by atoms with E-state index >= 15 is 0 Å². The molecule has 2 aromatic heterocycles. The number of amides is 1. The number of fused-ring (bicyclic) bond motifs is 1. The van der Waals surface area contributed by atoms with E-state index < -0.39 is 71.5 Å². The maximum Gasteiger partial charge on any atom is 0.408 e. The number of ketones is 1. The van der Waals surface area contributed by atoms with Crippen LogP contribution in [0.1, 0.15) is 73.4 Å². The molecule has 56 heavy (non-hydrogen) atoms. The zero-order valence-corrected chi connectivity index (χ0v) is 34.3. The minimum atomic E-state index is -1.19. The minimum absolute atomic E-state index is 0.0152. The molecule has 0 bridgehead atoms. The first-order valence-electron chi connectivity index (χ1n) is 19.6. The summed E-state index contributed by atoms with van der Waals surface area (Å²) in [6.07, 6.45) is 2.85. The van der Waals surface area contributed by atoms with Gasteiger partial charge in [0.15, 0.2) is 17.7 Å². The molecule has 3 fully saturated rings. The van der Waals surface area contributed by atoms with Crippen molar-refractivity contribution in [2.75, 3.05) is 34.3 Å². The lowest BCUT2D eigenvalue weighted by Gasteiger charge is -2.47. The number of ether oxygens (including phenoxy) is 5. The summed E-state index contributed by atoms with van der Waals surface area (Å²) in [5.41, 5.74) is -0.874. The third-order valence-electron chi connectivity index (χ3n) is 11.7. The van der Waals surface area contributed by atoms with E-state index in [9.17, 15) is 19.5 Å². The number of hydrogen-bond donors (Lipinski definition) is 4. The van der Waals surface area contributed by atoms with Gasteiger partial charge in [-0.25, -0.2) is 19.4 Å². The van der Waals surface area contributed by atoms with Gasteiger partial charge in [-0.3, -0.25) is 9.59 Å². The number of likely N-dealkylation sites (N-methyl/N-ethyl adjacent to an activating group) is 1. The predicted octanol–water partition coefficient (Wildman–Crippen LogP) is 1.39. The third kappa shape index (κ3) is 9.54. The van der Waals surface area contributed by atoms with E-state index in [4.69, 9.17) is 23.7 Å². The highest BCUT2D eigenvalue weighted by molar-refractivity contribution is 6.00. The molecule has 4 N–H and O–H groups in total. The van der Waals surface area contributed by atoms with Gasteiger partial charge in [-0.05, 0) is 73.5 Å². The minimum Gasteiger partial charge on any atom is -0.458 e. The first kappa shape index (κ1) is 43.5. The lowest BCUT2D eigenvalue weighted by Crippen LogP contribution is -2.60. The quantitative estimate of drug-likeness (QED) is 0.198. The van der Waals surface area contributed by atoms with Crippen molar-refractivity contribution in [3.63, 3.8) is 0 Å². The number of aromatic nitrogens is 5. The number of esters is 1. The molecule has 18 nitrogen and oxygen atoms in total. The Morgan fingerprint density at radius 3 is 2.50 bits per heavy atom. The molecule has 0 saturated carbocycles. The van der Waals surface area contributed by atoms with Crippen molar-refractivity contribution in [1.29, 1.82) is 0 Å². The molecule has 13 atom stereocenters. The monoisotopic (exact) mass is 787 g/mol. The fourth-order valence-corrected chi connectivity index (χ4v) is 8.43. The average Bonchev–Trinajstić information content (AvgIpc) is 3.78. The Hall–Kier alpha value is -3.65. The Bertz CT molecular complexity index is 1630. The normalized spacial score (nSPS) is 37.6. The second-order valence-corrected chi connectivity index (χ2v) is 16.3. The SMILES string of the molecule is CC[C@@H]1OC(=O)C(C)C(=O)[C@H](C)[C@@H](O[C@@H]2O[C@H](CNCc3cn(-c4cncnc4)nn3)CC(N(C)C)C2O)[C@](C)(OC)C[C@@H](C)CN[C@H](C)[C@H]2NC(=O)O[C@]12C. The van der Waals surface area contributed by atoms with Crippen molar-refractivity contribution in [2.45, 2.75) is 134 Å². The number of aliphatic hydroxyl groups excluding tert-OH is 1. The largest absolute Gasteiger partial charge is 0.458 e. The second kappa shape index (κ2) is 18.3. The van der Waals surface area contributed by atoms with Crippen LogP contribution in [-0.4, -0.2) is 147 Å². The van der Waals surface area contributed by atoms with E-state index in [0.29, 0.717) is 50.3 Å². The van der Waals surface area contributed by atoms with E-state index in [2.05, 4.69) is 43.2 Å². The Morgan fingerprint density at radius 1 is 1.12 bits per heavy atom. The number of methoxy groups -OCH3 is 1. The average molecular weight is 788 g/mol. The molecule has 1 amide bonds. The van der Waals surface area contributed by atoms with Crippen LogP contribution in [0.5, 0.6) is 0 Å². The van der Waals surface area contributed by atoms with Crippen LogP contribution in [0.25, 0.3) is 5.69 Å². The van der Waals surface area contributed by atoms with Crippen molar-refractivity contribution < 1.29 is 43.2 Å². The smallest absolute Gasteiger partial charge is 0.408 e. The lowest BCUT2D eigenvalue weighted by atomic mass is 9.78. The molecule has 0 aliphatic carbocycles. The number of rotatable bonds is 10. The highest BCUT2D eigenvalue weighted by atomic mass is 16.7. The van der Waals surface area contributed by atoms with E-state index in [0.717, 1.165) is 0 Å². The summed E-state index contributed by atoms with van der Waals surface area (Å²) in [4.78, 5) is 50.7. The van der Waals surface area contributed by atoms with Crippen LogP contribution in [0.2, 0.25) is 0 Å². The number of carbonyl (C=O) groups is 3. The number of alkyl carbamates (subject to hydrolysis) is 1. The third-order valence-corrected chi connectivity index (χ3v) is 11.7. The van der Waals surface area contributed by atoms with Crippen LogP contribution in [0.4, 0.5) is 4.79 Å². The van der Waals surface area contributed by atoms with Gasteiger partial charge in [0.2, 0.25) is 0 Å². The summed E-state index contributed by atoms with van der Waals surface area (Å²) in [5.74, 6) is -3.25. The van der Waals surface area contributed by atoms with Gasteiger partial charge < -0.3 is 49.6 Å². The van der Waals surface area contributed by atoms with Crippen LogP contribution >= 0.6 is 0 Å². The molecule has 0 aromatic carbocycles. The molecule has 3 aliphatic heterocycles. The zero-order valence-electron chi connectivity index (χ0n) is 34.3. The molecule has 3 unspecified atom stereocenters. The van der Waals surface area contributed by atoms with Crippen molar-refractivity contribution in [3.8, 4) is 5.69 Å². The second-order valence-electron chi connectivity index (χ2n) is 16.3. The highest BCUT2D eigenvalue weighted by Gasteiger charge is 2.55. The van der Waals surface area contributed by atoms with Crippen molar-refractivity contribution in [2.24, 2.45) is 17.8 Å². The molecule has 18 heteroatoms. The van der Waals surface area contributed by atoms with Gasteiger partial charge in [0.05, 0.1) is 48.1 Å². The molecule has 5 heterocycles. The van der Waals surface area contributed by atoms with Crippen LogP contribution in [-0.2, 0) is 39.8 Å². The first-order valence-corrected chi connectivity index (χ1v) is 19.6. The fourth-order valence-electron chi connectivity index (χ4n) is 8.43. The van der Waals surface area contributed by atoms with Gasteiger partial charge in [-0.1, -0.05) is 26.0 Å². The Kier molecular flexibility index (Phi) is 14.2. The van der Waals surface area contributed by atoms with Crippen molar-refractivity contribution in [1.82, 2.24) is 45.8 Å². The summed E-state index contributed by atoms with van der Waals surface area (Å²) in [6, 6.07) is -1.12. The molecule has 5 rings (SSSR count). The summed E-state index contributed by atoms with van der Waals surface area (Å²) in [7, 11) is 5.35. The molecule has 2 aromatic rings. The maximum absolute atomic E-state index is 14.3. The van der Waals surface area contributed by atoms with Crippen molar-refractivity contribution in [3.05, 3.63) is 30.6 Å². The standard InChI is InChI=1S/C38H61N9O9/c1-11-29-38(7)32(43-36(51)56-38)24(5)42-14-21(2)13-37(6,52-10)33(22(3)30(48)23(4)34(50)54-29)55-35-31(49)28(46(8)9)12-27(53-35)18-39-15-25-19-47(45-44-25)26-16-40-20-41-17-26/h16-17,19-24,27-29,31-33,35,39,42,49H,11-15,18H2,1-10H3,(H,43,51)/t21-,22+,23?,24-,27+,28?,29+,31?,32-,33-,35+,37-,38-/m1/s1. The zero-order chi connectivity index (χ0) is 40.9. The number of aliphatic hydroxyl groups is 1. The van der Waals surface area contributed by atoms with Crippen LogP contribution < -0.4 is 16.0 Å². The van der Waals surface area contributed by atoms with Gasteiger partial charge in [0.1, 0.15) is 30.1 Å². The molecule has 3 saturated heterocycles. The molecule has 0 radical (unpaired) electrons. The molecule has 0 spiro atoms. The molecular formula is C38H61N9O9. The Balaban J connectivity index is 1.38. The first-order chi connectivity index (χ1) is 26.5. The highest BCUT2D eigenvalue weighted by Crippen LogP contribution is 2.37. The van der Waals surface area contributed by atoms with E-state index in [1.807, 2.05) is 39.8 Å². The molecule has 312 valence electrons. The summed E-state index contributed by atoms with van der Waals surface area (Å²) in [5, 5.41) is 30.0. The van der Waals surface area contributed by atoms with Gasteiger partial charge in [-0.2, -0.15) is 0 Å². The number of carbonyl (C=O) groups excluding carboxylic acids is 3. The van der Waals surface area contributed by atoms with Gasteiger partial charge in [0.25, 0.3) is 0 Å². The fraction of sp³-hybridized carbons (Fsp3) is 0.763. The lowest BCUT2D eigenvalue weighted by molar-refractivity contribution is -0.297. The van der Waals surface area contributed by atoms with E-state index in [1.165, 1.54) is 13.3 Å². The van der Waals surface area contributed by atoms with Gasteiger partial charge >= 0.3 is 12.1 Å². The Labute approximate surface area is 329 Å². The predicted molar refractivity (Wildman–Crippen MR) is 202 cm³/mol.